The average Bonchev–Trinajstić information content (AvgIpc) is 2.75. The fourth-order valence-electron chi connectivity index (χ4n) is 2.60. The van der Waals surface area contributed by atoms with Gasteiger partial charge in [0.15, 0.2) is 0 Å². The van der Waals surface area contributed by atoms with Crippen LogP contribution in [0.2, 0.25) is 0 Å². The molecule has 3 rings (SSSR count). The van der Waals surface area contributed by atoms with Gasteiger partial charge in [0.1, 0.15) is 0 Å². The van der Waals surface area contributed by atoms with Crippen molar-refractivity contribution in [2.24, 2.45) is 0 Å². The summed E-state index contributed by atoms with van der Waals surface area (Å²) in [6, 6.07) is 5.15. The Labute approximate surface area is 119 Å². The Morgan fingerprint density at radius 3 is 2.40 bits per heavy atom. The molecular formula is C16H17NO2S. The highest BCUT2D eigenvalue weighted by Crippen LogP contribution is 2.24. The van der Waals surface area contributed by atoms with Crippen molar-refractivity contribution in [2.45, 2.75) is 30.2 Å². The molecule has 20 heavy (non-hydrogen) atoms. The van der Waals surface area contributed by atoms with Crippen molar-refractivity contribution >= 4 is 10.0 Å². The van der Waals surface area contributed by atoms with E-state index in [2.05, 4.69) is 4.72 Å². The lowest BCUT2D eigenvalue weighted by Gasteiger charge is -2.12. The molecule has 0 radical (unpaired) electrons. The van der Waals surface area contributed by atoms with Gasteiger partial charge in [0.05, 0.1) is 10.9 Å². The van der Waals surface area contributed by atoms with Crippen LogP contribution in [0.3, 0.4) is 0 Å². The number of benzene rings is 1. The third-order valence-corrected chi connectivity index (χ3v) is 5.10. The Morgan fingerprint density at radius 2 is 1.65 bits per heavy atom. The van der Waals surface area contributed by atoms with E-state index >= 15 is 0 Å². The molecule has 1 aromatic carbocycles. The monoisotopic (exact) mass is 287 g/mol. The molecule has 0 aliphatic heterocycles. The number of sulfonamides is 1. The van der Waals surface area contributed by atoms with Gasteiger partial charge < -0.3 is 0 Å². The molecule has 0 amide bonds. The highest BCUT2D eigenvalue weighted by Gasteiger charge is 2.20. The molecule has 0 saturated carbocycles. The van der Waals surface area contributed by atoms with Crippen LogP contribution in [0.4, 0.5) is 0 Å². The summed E-state index contributed by atoms with van der Waals surface area (Å²) in [4.78, 5) is 0.358. The van der Waals surface area contributed by atoms with Gasteiger partial charge in [-0.3, -0.25) is 0 Å². The van der Waals surface area contributed by atoms with Crippen molar-refractivity contribution in [3.05, 3.63) is 65.8 Å². The third-order valence-electron chi connectivity index (χ3n) is 3.64. The molecule has 0 atom stereocenters. The van der Waals surface area contributed by atoms with Crippen molar-refractivity contribution in [1.82, 2.24) is 4.72 Å². The maximum Gasteiger partial charge on any atom is 0.241 e. The molecule has 0 bridgehead atoms. The van der Waals surface area contributed by atoms with E-state index in [1.807, 2.05) is 48.6 Å². The molecule has 0 spiro atoms. The van der Waals surface area contributed by atoms with Crippen LogP contribution >= 0.6 is 0 Å². The summed E-state index contributed by atoms with van der Waals surface area (Å²) in [6.45, 7) is 0. The lowest BCUT2D eigenvalue weighted by molar-refractivity contribution is 0.580. The molecule has 2 aliphatic carbocycles. The molecule has 0 aromatic heterocycles. The summed E-state index contributed by atoms with van der Waals surface area (Å²) in [5, 5.41) is 0. The second kappa shape index (κ2) is 5.38. The quantitative estimate of drug-likeness (QED) is 0.928. The van der Waals surface area contributed by atoms with Gasteiger partial charge in [-0.1, -0.05) is 42.5 Å². The molecule has 3 nitrogen and oxygen atoms in total. The number of aryl methyl sites for hydroxylation is 2. The van der Waals surface area contributed by atoms with Gasteiger partial charge in [-0.25, -0.2) is 13.1 Å². The SMILES string of the molecule is O=S(=O)(NC1C=CC=CC=C1)c1ccc2c(c1)CCC2. The first-order valence-electron chi connectivity index (χ1n) is 6.81. The minimum atomic E-state index is -3.48. The molecule has 104 valence electrons. The summed E-state index contributed by atoms with van der Waals surface area (Å²) in [6.07, 6.45) is 14.2. The first-order chi connectivity index (χ1) is 9.65. The van der Waals surface area contributed by atoms with Crippen LogP contribution in [0, 0.1) is 0 Å². The molecule has 0 fully saturated rings. The summed E-state index contributed by atoms with van der Waals surface area (Å²) < 4.78 is 27.5. The van der Waals surface area contributed by atoms with E-state index in [0.29, 0.717) is 4.90 Å². The summed E-state index contributed by atoms with van der Waals surface area (Å²) >= 11 is 0. The summed E-state index contributed by atoms with van der Waals surface area (Å²) in [7, 11) is -3.48. The van der Waals surface area contributed by atoms with E-state index in [-0.39, 0.29) is 6.04 Å². The van der Waals surface area contributed by atoms with E-state index in [1.165, 1.54) is 11.1 Å². The van der Waals surface area contributed by atoms with Crippen LogP contribution in [0.15, 0.2) is 59.6 Å². The van der Waals surface area contributed by atoms with Gasteiger partial charge in [-0.2, -0.15) is 0 Å². The molecule has 2 aliphatic rings. The minimum Gasteiger partial charge on any atom is -0.207 e. The van der Waals surface area contributed by atoms with Crippen LogP contribution in [0.25, 0.3) is 0 Å². The van der Waals surface area contributed by atoms with Crippen LogP contribution < -0.4 is 4.72 Å². The maximum atomic E-state index is 12.4. The largest absolute Gasteiger partial charge is 0.241 e. The fraction of sp³-hybridized carbons (Fsp3) is 0.250. The molecule has 4 heteroatoms. The molecule has 0 unspecified atom stereocenters. The van der Waals surface area contributed by atoms with E-state index in [4.69, 9.17) is 0 Å². The van der Waals surface area contributed by atoms with Crippen molar-refractivity contribution in [3.8, 4) is 0 Å². The first-order valence-corrected chi connectivity index (χ1v) is 8.29. The Kier molecular flexibility index (Phi) is 3.59. The van der Waals surface area contributed by atoms with Crippen LogP contribution in [-0.2, 0) is 22.9 Å². The van der Waals surface area contributed by atoms with Gasteiger partial charge in [-0.15, -0.1) is 0 Å². The zero-order valence-corrected chi connectivity index (χ0v) is 11.9. The van der Waals surface area contributed by atoms with Crippen LogP contribution in [0.5, 0.6) is 0 Å². The van der Waals surface area contributed by atoms with Gasteiger partial charge in [0, 0.05) is 0 Å². The van der Waals surface area contributed by atoms with Crippen molar-refractivity contribution in [3.63, 3.8) is 0 Å². The first kappa shape index (κ1) is 13.3. The number of rotatable bonds is 3. The molecular weight excluding hydrogens is 270 g/mol. The zero-order valence-electron chi connectivity index (χ0n) is 11.1. The number of nitrogens with one attached hydrogen (secondary N) is 1. The molecule has 0 saturated heterocycles. The highest BCUT2D eigenvalue weighted by atomic mass is 32.2. The fourth-order valence-corrected chi connectivity index (χ4v) is 3.80. The van der Waals surface area contributed by atoms with Crippen molar-refractivity contribution < 1.29 is 8.42 Å². The number of hydrogen-bond donors (Lipinski definition) is 1. The Morgan fingerprint density at radius 1 is 0.950 bits per heavy atom. The predicted molar refractivity (Wildman–Crippen MR) is 80.0 cm³/mol. The predicted octanol–water partition coefficient (Wildman–Crippen LogP) is 2.50. The normalized spacial score (nSPS) is 18.2. The van der Waals surface area contributed by atoms with Gasteiger partial charge in [0.2, 0.25) is 10.0 Å². The minimum absolute atomic E-state index is 0.303. The number of fused-ring (bicyclic) bond motifs is 1. The topological polar surface area (TPSA) is 46.2 Å². The lowest BCUT2D eigenvalue weighted by Crippen LogP contribution is -2.32. The Hall–Kier alpha value is -1.65. The van der Waals surface area contributed by atoms with E-state index in [9.17, 15) is 8.42 Å². The Bertz CT molecular complexity index is 683. The second-order valence-corrected chi connectivity index (χ2v) is 6.80. The molecule has 1 aromatic rings. The highest BCUT2D eigenvalue weighted by molar-refractivity contribution is 7.89. The standard InChI is InChI=1S/C16H17NO2S/c18-20(19,17-15-8-3-1-2-4-9-15)16-11-10-13-6-5-7-14(13)12-16/h1-4,8-12,15,17H,5-7H2. The molecule has 0 heterocycles. The number of allylic oxidation sites excluding steroid dienone is 4. The smallest absolute Gasteiger partial charge is 0.207 e. The van der Waals surface area contributed by atoms with Gasteiger partial charge >= 0.3 is 0 Å². The van der Waals surface area contributed by atoms with E-state index in [1.54, 1.807) is 6.07 Å². The van der Waals surface area contributed by atoms with Crippen LogP contribution in [0.1, 0.15) is 17.5 Å². The summed E-state index contributed by atoms with van der Waals surface area (Å²) in [5.74, 6) is 0. The van der Waals surface area contributed by atoms with Gasteiger partial charge in [0.25, 0.3) is 0 Å². The third kappa shape index (κ3) is 2.76. The zero-order chi connectivity index (χ0) is 14.0. The van der Waals surface area contributed by atoms with E-state index < -0.39 is 10.0 Å². The lowest BCUT2D eigenvalue weighted by atomic mass is 10.1. The number of hydrogen-bond acceptors (Lipinski definition) is 2. The van der Waals surface area contributed by atoms with Gasteiger partial charge in [-0.05, 0) is 42.5 Å². The van der Waals surface area contributed by atoms with Crippen molar-refractivity contribution in [2.75, 3.05) is 0 Å². The van der Waals surface area contributed by atoms with Crippen LogP contribution in [-0.4, -0.2) is 14.5 Å². The summed E-state index contributed by atoms with van der Waals surface area (Å²) in [5.41, 5.74) is 2.45. The van der Waals surface area contributed by atoms with E-state index in [0.717, 1.165) is 19.3 Å². The second-order valence-electron chi connectivity index (χ2n) is 5.09. The van der Waals surface area contributed by atoms with Crippen molar-refractivity contribution in [1.29, 1.82) is 0 Å². The average molecular weight is 287 g/mol. The maximum absolute atomic E-state index is 12.4. The molecule has 1 N–H and O–H groups in total. The Balaban J connectivity index is 1.85.